The van der Waals surface area contributed by atoms with Crippen molar-refractivity contribution in [3.63, 3.8) is 0 Å². The van der Waals surface area contributed by atoms with Crippen molar-refractivity contribution in [1.29, 1.82) is 0 Å². The molecule has 1 aliphatic rings. The van der Waals surface area contributed by atoms with Crippen LogP contribution in [-0.2, 0) is 9.84 Å². The Morgan fingerprint density at radius 1 is 1.21 bits per heavy atom. The quantitative estimate of drug-likeness (QED) is 0.760. The molecular formula is C12H15NO5S. The lowest BCUT2D eigenvalue weighted by Gasteiger charge is -2.25. The van der Waals surface area contributed by atoms with Gasteiger partial charge in [-0.25, -0.2) is 8.42 Å². The van der Waals surface area contributed by atoms with Crippen molar-refractivity contribution < 1.29 is 23.4 Å². The molecule has 1 aliphatic heterocycles. The molecule has 6 nitrogen and oxygen atoms in total. The second kappa shape index (κ2) is 5.18. The Bertz CT molecular complexity index is 582. The van der Waals surface area contributed by atoms with Crippen LogP contribution in [0, 0.1) is 0 Å². The monoisotopic (exact) mass is 285 g/mol. The first-order valence-electron chi connectivity index (χ1n) is 5.85. The summed E-state index contributed by atoms with van der Waals surface area (Å²) in [6, 6.07) is 3.79. The van der Waals surface area contributed by atoms with Crippen LogP contribution >= 0.6 is 0 Å². The van der Waals surface area contributed by atoms with Crippen LogP contribution in [-0.4, -0.2) is 60.5 Å². The van der Waals surface area contributed by atoms with Crippen molar-refractivity contribution in [1.82, 2.24) is 4.90 Å². The molecule has 0 bridgehead atoms. The topological polar surface area (TPSA) is 94.9 Å². The summed E-state index contributed by atoms with van der Waals surface area (Å²) in [5.74, 6) is -0.562. The molecule has 1 aromatic rings. The van der Waals surface area contributed by atoms with Gasteiger partial charge in [-0.3, -0.25) is 9.69 Å². The van der Waals surface area contributed by atoms with E-state index in [1.165, 1.54) is 12.1 Å². The summed E-state index contributed by atoms with van der Waals surface area (Å²) in [5, 5.41) is 18.7. The summed E-state index contributed by atoms with van der Waals surface area (Å²) in [7, 11) is -2.97. The van der Waals surface area contributed by atoms with E-state index in [1.54, 1.807) is 4.90 Å². The minimum atomic E-state index is -2.97. The number of phenolic OH excluding ortho intramolecular Hbond substituents is 2. The van der Waals surface area contributed by atoms with Gasteiger partial charge < -0.3 is 10.2 Å². The molecule has 0 spiro atoms. The fourth-order valence-electron chi connectivity index (χ4n) is 1.95. The molecule has 1 fully saturated rings. The molecule has 0 radical (unpaired) electrons. The number of aromatic hydroxyl groups is 2. The van der Waals surface area contributed by atoms with Crippen LogP contribution in [0.4, 0.5) is 0 Å². The largest absolute Gasteiger partial charge is 0.508 e. The van der Waals surface area contributed by atoms with E-state index in [0.717, 1.165) is 6.07 Å². The van der Waals surface area contributed by atoms with Crippen molar-refractivity contribution in [2.75, 3.05) is 31.1 Å². The molecule has 2 N–H and O–H groups in total. The molecule has 7 heteroatoms. The van der Waals surface area contributed by atoms with Gasteiger partial charge in [0.25, 0.3) is 0 Å². The van der Waals surface area contributed by atoms with Crippen LogP contribution in [0.25, 0.3) is 0 Å². The van der Waals surface area contributed by atoms with Crippen LogP contribution in [0.3, 0.4) is 0 Å². The number of carbonyl (C=O) groups is 1. The van der Waals surface area contributed by atoms with Crippen molar-refractivity contribution >= 4 is 15.6 Å². The summed E-state index contributed by atoms with van der Waals surface area (Å²) < 4.78 is 22.5. The van der Waals surface area contributed by atoms with Crippen LogP contribution in [0.1, 0.15) is 10.4 Å². The average Bonchev–Trinajstić information content (AvgIpc) is 2.31. The van der Waals surface area contributed by atoms with E-state index in [2.05, 4.69) is 0 Å². The smallest absolute Gasteiger partial charge is 0.180 e. The highest BCUT2D eigenvalue weighted by atomic mass is 32.2. The van der Waals surface area contributed by atoms with E-state index < -0.39 is 9.84 Å². The number of benzene rings is 1. The fraction of sp³-hybridized carbons (Fsp3) is 0.417. The van der Waals surface area contributed by atoms with Crippen LogP contribution in [0.2, 0.25) is 0 Å². The summed E-state index contributed by atoms with van der Waals surface area (Å²) in [4.78, 5) is 13.7. The van der Waals surface area contributed by atoms with Crippen LogP contribution < -0.4 is 0 Å². The lowest BCUT2D eigenvalue weighted by atomic mass is 10.1. The summed E-state index contributed by atoms with van der Waals surface area (Å²) >= 11 is 0. The van der Waals surface area contributed by atoms with E-state index in [-0.39, 0.29) is 40.9 Å². The molecule has 2 rings (SSSR count). The first kappa shape index (κ1) is 13.8. The maximum absolute atomic E-state index is 12.0. The van der Waals surface area contributed by atoms with Crippen molar-refractivity contribution in [3.8, 4) is 11.5 Å². The zero-order valence-electron chi connectivity index (χ0n) is 10.2. The number of sulfone groups is 1. The standard InChI is InChI=1S/C12H15NO5S/c14-9-1-2-10(11(15)7-9)12(16)8-13-3-5-19(17,18)6-4-13/h1-2,7,14-15H,3-6,8H2. The van der Waals surface area contributed by atoms with Crippen molar-refractivity contribution in [3.05, 3.63) is 23.8 Å². The number of carbonyl (C=O) groups excluding carboxylic acids is 1. The molecule has 0 amide bonds. The van der Waals surface area contributed by atoms with Crippen molar-refractivity contribution in [2.45, 2.75) is 0 Å². The molecule has 1 aromatic carbocycles. The summed E-state index contributed by atoms with van der Waals surface area (Å²) in [6.45, 7) is 0.716. The van der Waals surface area contributed by atoms with E-state index in [0.29, 0.717) is 13.1 Å². The Labute approximate surface area is 111 Å². The number of rotatable bonds is 3. The minimum Gasteiger partial charge on any atom is -0.508 e. The Kier molecular flexibility index (Phi) is 3.77. The molecule has 0 aromatic heterocycles. The predicted molar refractivity (Wildman–Crippen MR) is 69.2 cm³/mol. The Morgan fingerprint density at radius 2 is 1.84 bits per heavy atom. The van der Waals surface area contributed by atoms with Gasteiger partial charge >= 0.3 is 0 Å². The minimum absolute atomic E-state index is 0.0574. The number of Topliss-reactive ketones (excluding diaryl/α,β-unsaturated/α-hetero) is 1. The summed E-state index contributed by atoms with van der Waals surface area (Å²) in [5.41, 5.74) is 0.131. The van der Waals surface area contributed by atoms with Gasteiger partial charge in [0.1, 0.15) is 11.5 Å². The molecule has 104 valence electrons. The van der Waals surface area contributed by atoms with E-state index in [9.17, 15) is 18.3 Å². The number of ketones is 1. The van der Waals surface area contributed by atoms with E-state index in [4.69, 9.17) is 5.11 Å². The third kappa shape index (κ3) is 3.45. The van der Waals surface area contributed by atoms with Crippen LogP contribution in [0.15, 0.2) is 18.2 Å². The molecule has 0 aliphatic carbocycles. The molecule has 1 saturated heterocycles. The molecular weight excluding hydrogens is 270 g/mol. The number of hydrogen-bond donors (Lipinski definition) is 2. The fourth-order valence-corrected chi connectivity index (χ4v) is 3.23. The maximum atomic E-state index is 12.0. The van der Waals surface area contributed by atoms with Gasteiger partial charge in [0.2, 0.25) is 0 Å². The highest BCUT2D eigenvalue weighted by Crippen LogP contribution is 2.23. The van der Waals surface area contributed by atoms with Gasteiger partial charge in [-0.2, -0.15) is 0 Å². The zero-order valence-corrected chi connectivity index (χ0v) is 11.1. The second-order valence-electron chi connectivity index (χ2n) is 4.55. The van der Waals surface area contributed by atoms with Gasteiger partial charge in [0, 0.05) is 19.2 Å². The highest BCUT2D eigenvalue weighted by molar-refractivity contribution is 7.91. The summed E-state index contributed by atoms with van der Waals surface area (Å²) in [6.07, 6.45) is 0. The molecule has 0 saturated carbocycles. The first-order chi connectivity index (χ1) is 8.87. The maximum Gasteiger partial charge on any atom is 0.180 e. The predicted octanol–water partition coefficient (Wildman–Crippen LogP) is 0.0109. The Morgan fingerprint density at radius 3 is 2.42 bits per heavy atom. The first-order valence-corrected chi connectivity index (χ1v) is 7.67. The Hall–Kier alpha value is -1.60. The lowest BCUT2D eigenvalue weighted by molar-refractivity contribution is 0.0933. The highest BCUT2D eigenvalue weighted by Gasteiger charge is 2.24. The molecule has 0 atom stereocenters. The number of nitrogens with zero attached hydrogens (tertiary/aromatic N) is 1. The van der Waals surface area contributed by atoms with Crippen LogP contribution in [0.5, 0.6) is 11.5 Å². The SMILES string of the molecule is O=C(CN1CCS(=O)(=O)CC1)c1ccc(O)cc1O. The van der Waals surface area contributed by atoms with Gasteiger partial charge in [-0.05, 0) is 12.1 Å². The average molecular weight is 285 g/mol. The number of hydrogen-bond acceptors (Lipinski definition) is 6. The van der Waals surface area contributed by atoms with Gasteiger partial charge in [-0.15, -0.1) is 0 Å². The lowest BCUT2D eigenvalue weighted by Crippen LogP contribution is -2.42. The number of phenols is 2. The molecule has 1 heterocycles. The van der Waals surface area contributed by atoms with E-state index >= 15 is 0 Å². The zero-order chi connectivity index (χ0) is 14.0. The third-order valence-electron chi connectivity index (χ3n) is 3.09. The second-order valence-corrected chi connectivity index (χ2v) is 6.86. The van der Waals surface area contributed by atoms with Gasteiger partial charge in [-0.1, -0.05) is 0 Å². The van der Waals surface area contributed by atoms with Gasteiger partial charge in [0.05, 0.1) is 23.6 Å². The van der Waals surface area contributed by atoms with Gasteiger partial charge in [0.15, 0.2) is 15.6 Å². The normalized spacial score (nSPS) is 19.2. The third-order valence-corrected chi connectivity index (χ3v) is 4.70. The molecule has 19 heavy (non-hydrogen) atoms. The van der Waals surface area contributed by atoms with Crippen molar-refractivity contribution in [2.24, 2.45) is 0 Å². The Balaban J connectivity index is 2.02. The molecule has 0 unspecified atom stereocenters. The van der Waals surface area contributed by atoms with E-state index in [1.807, 2.05) is 0 Å².